The highest BCUT2D eigenvalue weighted by Crippen LogP contribution is 2.38. The summed E-state index contributed by atoms with van der Waals surface area (Å²) in [6.45, 7) is 6.08. The molecule has 8 nitrogen and oxygen atoms in total. The minimum Gasteiger partial charge on any atom is -0.444 e. The molecule has 0 unspecified atom stereocenters. The molecule has 2 aliphatic rings. The number of nitrogens with two attached hydrogens (primary N) is 1. The average molecular weight is 437 g/mol. The zero-order valence-electron chi connectivity index (χ0n) is 16.8. The normalized spacial score (nSPS) is 20.6. The third kappa shape index (κ3) is 3.52. The second kappa shape index (κ2) is 7.24. The largest absolute Gasteiger partial charge is 0.444 e. The molecule has 10 heteroatoms. The van der Waals surface area contributed by atoms with Gasteiger partial charge in [0, 0.05) is 5.56 Å². The lowest BCUT2D eigenvalue weighted by Gasteiger charge is -2.37. The van der Waals surface area contributed by atoms with Crippen molar-refractivity contribution in [2.24, 2.45) is 5.73 Å². The van der Waals surface area contributed by atoms with E-state index in [4.69, 9.17) is 26.8 Å². The van der Waals surface area contributed by atoms with Crippen LogP contribution in [-0.4, -0.2) is 51.5 Å². The topological polar surface area (TPSA) is 99.7 Å². The quantitative estimate of drug-likeness (QED) is 0.779. The number of primary amides is 1. The first kappa shape index (κ1) is 20.6. The molecule has 1 saturated heterocycles. The lowest BCUT2D eigenvalue weighted by Crippen LogP contribution is -2.50. The van der Waals surface area contributed by atoms with Gasteiger partial charge in [-0.1, -0.05) is 11.6 Å². The van der Waals surface area contributed by atoms with E-state index in [9.17, 15) is 14.0 Å². The fraction of sp³-hybridized carbons (Fsp3) is 0.450. The smallest absolute Gasteiger partial charge is 0.411 e. The Balaban J connectivity index is 1.82. The molecule has 0 spiro atoms. The van der Waals surface area contributed by atoms with E-state index >= 15 is 0 Å². The van der Waals surface area contributed by atoms with Crippen molar-refractivity contribution in [3.8, 4) is 11.3 Å². The van der Waals surface area contributed by atoms with Gasteiger partial charge in [-0.05, 0) is 39.0 Å². The standard InChI is InChI=1S/C20H22ClFN4O4/c1-20(2,3)30-19(28)25-7-13-16(18(23)27)17(10-4-5-12(22)11(21)6-10)24-26(13)15-9-29-8-14(15)25/h4-6,14-15H,7-9H2,1-3H3,(H2,23,27)/t14-,15+/m1/s1. The van der Waals surface area contributed by atoms with E-state index in [2.05, 4.69) is 5.10 Å². The lowest BCUT2D eigenvalue weighted by atomic mass is 10.0. The molecule has 2 atom stereocenters. The molecule has 0 bridgehead atoms. The molecule has 30 heavy (non-hydrogen) atoms. The van der Waals surface area contributed by atoms with Gasteiger partial charge in [-0.25, -0.2) is 9.18 Å². The maximum Gasteiger partial charge on any atom is 0.411 e. The van der Waals surface area contributed by atoms with Gasteiger partial charge in [0.1, 0.15) is 17.1 Å². The molecule has 1 aromatic heterocycles. The molecule has 0 saturated carbocycles. The number of amides is 2. The lowest BCUT2D eigenvalue weighted by molar-refractivity contribution is 0.00421. The van der Waals surface area contributed by atoms with E-state index < -0.39 is 23.4 Å². The number of aromatic nitrogens is 2. The second-order valence-electron chi connectivity index (χ2n) is 8.39. The summed E-state index contributed by atoms with van der Waals surface area (Å²) >= 11 is 5.92. The van der Waals surface area contributed by atoms with Gasteiger partial charge in [-0.2, -0.15) is 5.10 Å². The van der Waals surface area contributed by atoms with Gasteiger partial charge in [0.2, 0.25) is 0 Å². The van der Waals surface area contributed by atoms with Crippen LogP contribution >= 0.6 is 11.6 Å². The van der Waals surface area contributed by atoms with Gasteiger partial charge in [0.25, 0.3) is 5.91 Å². The molecular formula is C20H22ClFN4O4. The first-order valence-corrected chi connectivity index (χ1v) is 9.88. The van der Waals surface area contributed by atoms with Gasteiger partial charge >= 0.3 is 6.09 Å². The van der Waals surface area contributed by atoms with Crippen molar-refractivity contribution in [2.75, 3.05) is 13.2 Å². The highest BCUT2D eigenvalue weighted by atomic mass is 35.5. The minimum absolute atomic E-state index is 0.0830. The van der Waals surface area contributed by atoms with Crippen LogP contribution in [0.5, 0.6) is 0 Å². The number of halogens is 2. The fourth-order valence-corrected chi connectivity index (χ4v) is 4.04. The molecular weight excluding hydrogens is 415 g/mol. The number of carbonyl (C=O) groups excluding carboxylic acids is 2. The number of carbonyl (C=O) groups is 2. The monoisotopic (exact) mass is 436 g/mol. The molecule has 2 amide bonds. The Morgan fingerprint density at radius 1 is 1.30 bits per heavy atom. The molecule has 2 aliphatic heterocycles. The first-order valence-electron chi connectivity index (χ1n) is 9.51. The number of rotatable bonds is 2. The Kier molecular flexibility index (Phi) is 4.98. The van der Waals surface area contributed by atoms with Crippen LogP contribution < -0.4 is 5.73 Å². The summed E-state index contributed by atoms with van der Waals surface area (Å²) in [6.07, 6.45) is -0.503. The molecule has 2 N–H and O–H groups in total. The van der Waals surface area contributed by atoms with Crippen LogP contribution in [0.2, 0.25) is 5.02 Å². The summed E-state index contributed by atoms with van der Waals surface area (Å²) in [7, 11) is 0. The summed E-state index contributed by atoms with van der Waals surface area (Å²) < 4.78 is 26.5. The van der Waals surface area contributed by atoms with E-state index in [1.807, 2.05) is 0 Å². The molecule has 160 valence electrons. The number of ether oxygens (including phenoxy) is 2. The van der Waals surface area contributed by atoms with Crippen molar-refractivity contribution in [3.05, 3.63) is 40.3 Å². The van der Waals surface area contributed by atoms with Gasteiger partial charge in [0.15, 0.2) is 0 Å². The first-order chi connectivity index (χ1) is 14.1. The highest BCUT2D eigenvalue weighted by Gasteiger charge is 2.45. The van der Waals surface area contributed by atoms with Crippen molar-refractivity contribution in [1.29, 1.82) is 0 Å². The van der Waals surface area contributed by atoms with Crippen LogP contribution in [0.15, 0.2) is 18.2 Å². The Bertz CT molecular complexity index is 1030. The second-order valence-corrected chi connectivity index (χ2v) is 8.80. The summed E-state index contributed by atoms with van der Waals surface area (Å²) in [5, 5.41) is 4.51. The molecule has 3 heterocycles. The molecule has 4 rings (SSSR count). The summed E-state index contributed by atoms with van der Waals surface area (Å²) in [4.78, 5) is 26.8. The summed E-state index contributed by atoms with van der Waals surface area (Å²) in [5.41, 5.74) is 6.40. The third-order valence-electron chi connectivity index (χ3n) is 5.13. The van der Waals surface area contributed by atoms with Crippen molar-refractivity contribution < 1.29 is 23.5 Å². The van der Waals surface area contributed by atoms with E-state index in [1.165, 1.54) is 18.2 Å². The number of benzene rings is 1. The Labute approximate surface area is 177 Å². The molecule has 1 fully saturated rings. The SMILES string of the molecule is CC(C)(C)OC(=O)N1Cc2c(C(N)=O)c(-c3ccc(F)c(Cl)c3)nn2[C@H]2COC[C@H]21. The zero-order valence-corrected chi connectivity index (χ0v) is 17.6. The highest BCUT2D eigenvalue weighted by molar-refractivity contribution is 6.31. The van der Waals surface area contributed by atoms with Gasteiger partial charge in [0.05, 0.1) is 48.1 Å². The Morgan fingerprint density at radius 2 is 2.00 bits per heavy atom. The van der Waals surface area contributed by atoms with Crippen molar-refractivity contribution in [1.82, 2.24) is 14.7 Å². The summed E-state index contributed by atoms with van der Waals surface area (Å²) in [5.74, 6) is -1.28. The van der Waals surface area contributed by atoms with Crippen LogP contribution in [-0.2, 0) is 16.0 Å². The van der Waals surface area contributed by atoms with Crippen LogP contribution in [0.4, 0.5) is 9.18 Å². The summed E-state index contributed by atoms with van der Waals surface area (Å²) in [6, 6.07) is 3.49. The average Bonchev–Trinajstić information content (AvgIpc) is 3.25. The van der Waals surface area contributed by atoms with Crippen molar-refractivity contribution in [3.63, 3.8) is 0 Å². The van der Waals surface area contributed by atoms with Gasteiger partial charge < -0.3 is 15.2 Å². The fourth-order valence-electron chi connectivity index (χ4n) is 3.86. The molecule has 0 radical (unpaired) electrons. The van der Waals surface area contributed by atoms with E-state index in [1.54, 1.807) is 30.4 Å². The Hall–Kier alpha value is -2.65. The van der Waals surface area contributed by atoms with Crippen molar-refractivity contribution >= 4 is 23.6 Å². The third-order valence-corrected chi connectivity index (χ3v) is 5.42. The minimum atomic E-state index is -0.701. The number of hydrogen-bond acceptors (Lipinski definition) is 5. The van der Waals surface area contributed by atoms with Crippen LogP contribution in [0.3, 0.4) is 0 Å². The Morgan fingerprint density at radius 3 is 2.63 bits per heavy atom. The van der Waals surface area contributed by atoms with Crippen LogP contribution in [0, 0.1) is 5.82 Å². The zero-order chi connectivity index (χ0) is 21.8. The van der Waals surface area contributed by atoms with Gasteiger partial charge in [-0.15, -0.1) is 0 Å². The number of nitrogens with zero attached hydrogens (tertiary/aromatic N) is 3. The molecule has 2 aromatic rings. The number of hydrogen-bond donors (Lipinski definition) is 1. The van der Waals surface area contributed by atoms with E-state index in [-0.39, 0.29) is 34.9 Å². The van der Waals surface area contributed by atoms with E-state index in [0.29, 0.717) is 24.5 Å². The maximum absolute atomic E-state index is 13.6. The van der Waals surface area contributed by atoms with Crippen LogP contribution in [0.1, 0.15) is 42.9 Å². The number of fused-ring (bicyclic) bond motifs is 3. The molecule has 1 aromatic carbocycles. The van der Waals surface area contributed by atoms with Gasteiger partial charge in [-0.3, -0.25) is 14.4 Å². The predicted octanol–water partition coefficient (Wildman–Crippen LogP) is 3.13. The predicted molar refractivity (Wildman–Crippen MR) is 107 cm³/mol. The van der Waals surface area contributed by atoms with Crippen LogP contribution in [0.25, 0.3) is 11.3 Å². The van der Waals surface area contributed by atoms with E-state index in [0.717, 1.165) is 0 Å². The maximum atomic E-state index is 13.6. The van der Waals surface area contributed by atoms with Crippen molar-refractivity contribution in [2.45, 2.75) is 45.0 Å². The molecule has 0 aliphatic carbocycles.